The minimum absolute atomic E-state index is 0.668. The van der Waals surface area contributed by atoms with E-state index in [2.05, 4.69) is 12.2 Å². The summed E-state index contributed by atoms with van der Waals surface area (Å²) in [7, 11) is 0. The van der Waals surface area contributed by atoms with Crippen molar-refractivity contribution in [2.75, 3.05) is 0 Å². The van der Waals surface area contributed by atoms with Gasteiger partial charge in [-0.1, -0.05) is 29.3 Å². The summed E-state index contributed by atoms with van der Waals surface area (Å²) in [5.41, 5.74) is 2.33. The molecule has 2 nitrogen and oxygen atoms in total. The molecule has 0 amide bonds. The van der Waals surface area contributed by atoms with Crippen LogP contribution in [0.4, 0.5) is 0 Å². The molecule has 3 heteroatoms. The second-order valence-corrected chi connectivity index (χ2v) is 5.76. The van der Waals surface area contributed by atoms with Gasteiger partial charge in [0.25, 0.3) is 0 Å². The quantitative estimate of drug-likeness (QED) is 0.861. The molecule has 1 N–H and O–H groups in total. The molecule has 1 aliphatic rings. The Morgan fingerprint density at radius 2 is 1.90 bits per heavy atom. The molecule has 0 aliphatic heterocycles. The van der Waals surface area contributed by atoms with Gasteiger partial charge in [-0.15, -0.1) is 0 Å². The Kier molecular flexibility index (Phi) is 3.95. The van der Waals surface area contributed by atoms with Crippen molar-refractivity contribution >= 4 is 11.6 Å². The highest BCUT2D eigenvalue weighted by Gasteiger charge is 2.20. The first-order chi connectivity index (χ1) is 9.70. The third-order valence-electron chi connectivity index (χ3n) is 3.43. The first-order valence-corrected chi connectivity index (χ1v) is 7.35. The Hall–Kier alpha value is -1.51. The van der Waals surface area contributed by atoms with E-state index in [9.17, 15) is 0 Å². The molecule has 0 spiro atoms. The standard InChI is InChI=1S/C17H18ClNO/c1-12-2-7-16(8-3-12)20-17-9-4-14(18)10-13(17)11-19-15-5-6-15/h2-4,7-10,15,19H,5-6,11H2,1H3. The molecule has 0 radical (unpaired) electrons. The van der Waals surface area contributed by atoms with Crippen LogP contribution in [0.1, 0.15) is 24.0 Å². The SMILES string of the molecule is Cc1ccc(Oc2ccc(Cl)cc2CNC2CC2)cc1. The van der Waals surface area contributed by atoms with Crippen LogP contribution in [0.3, 0.4) is 0 Å². The van der Waals surface area contributed by atoms with Crippen molar-refractivity contribution in [2.45, 2.75) is 32.4 Å². The Bertz CT molecular complexity index is 590. The maximum atomic E-state index is 6.09. The molecule has 2 aromatic rings. The van der Waals surface area contributed by atoms with Crippen LogP contribution in [0.15, 0.2) is 42.5 Å². The van der Waals surface area contributed by atoms with Gasteiger partial charge in [0.1, 0.15) is 11.5 Å². The molecule has 1 saturated carbocycles. The van der Waals surface area contributed by atoms with E-state index in [1.165, 1.54) is 18.4 Å². The monoisotopic (exact) mass is 287 g/mol. The maximum absolute atomic E-state index is 6.09. The number of ether oxygens (including phenoxy) is 1. The highest BCUT2D eigenvalue weighted by molar-refractivity contribution is 6.30. The Balaban J connectivity index is 1.77. The minimum Gasteiger partial charge on any atom is -0.457 e. The van der Waals surface area contributed by atoms with Gasteiger partial charge >= 0.3 is 0 Å². The number of benzene rings is 2. The van der Waals surface area contributed by atoms with Gasteiger partial charge in [0, 0.05) is 23.2 Å². The second-order valence-electron chi connectivity index (χ2n) is 5.32. The van der Waals surface area contributed by atoms with Crippen LogP contribution >= 0.6 is 11.6 Å². The fraction of sp³-hybridized carbons (Fsp3) is 0.294. The van der Waals surface area contributed by atoms with Crippen LogP contribution in [-0.2, 0) is 6.54 Å². The summed E-state index contributed by atoms with van der Waals surface area (Å²) >= 11 is 6.09. The molecule has 2 aromatic carbocycles. The third kappa shape index (κ3) is 3.53. The molecule has 0 heterocycles. The number of hydrogen-bond acceptors (Lipinski definition) is 2. The van der Waals surface area contributed by atoms with Gasteiger partial charge in [0.05, 0.1) is 0 Å². The van der Waals surface area contributed by atoms with Gasteiger partial charge in [-0.2, -0.15) is 0 Å². The number of nitrogens with one attached hydrogen (secondary N) is 1. The highest BCUT2D eigenvalue weighted by Crippen LogP contribution is 2.29. The Labute approximate surface area is 124 Å². The average molecular weight is 288 g/mol. The van der Waals surface area contributed by atoms with E-state index in [0.717, 1.165) is 28.6 Å². The summed E-state index contributed by atoms with van der Waals surface area (Å²) in [6.45, 7) is 2.86. The van der Waals surface area contributed by atoms with Gasteiger partial charge in [0.15, 0.2) is 0 Å². The molecule has 1 fully saturated rings. The van der Waals surface area contributed by atoms with E-state index in [-0.39, 0.29) is 0 Å². The number of rotatable bonds is 5. The topological polar surface area (TPSA) is 21.3 Å². The van der Waals surface area contributed by atoms with E-state index in [1.807, 2.05) is 42.5 Å². The zero-order valence-electron chi connectivity index (χ0n) is 11.5. The second kappa shape index (κ2) is 5.86. The van der Waals surface area contributed by atoms with Crippen molar-refractivity contribution in [1.82, 2.24) is 5.32 Å². The first kappa shape index (κ1) is 13.5. The normalized spacial score (nSPS) is 14.3. The highest BCUT2D eigenvalue weighted by atomic mass is 35.5. The van der Waals surface area contributed by atoms with Crippen LogP contribution < -0.4 is 10.1 Å². The van der Waals surface area contributed by atoms with Crippen LogP contribution in [0, 0.1) is 6.92 Å². The van der Waals surface area contributed by atoms with E-state index >= 15 is 0 Å². The van der Waals surface area contributed by atoms with Crippen molar-refractivity contribution in [3.63, 3.8) is 0 Å². The van der Waals surface area contributed by atoms with Gasteiger partial charge < -0.3 is 10.1 Å². The molecule has 20 heavy (non-hydrogen) atoms. The molecular formula is C17H18ClNO. The number of halogens is 1. The molecular weight excluding hydrogens is 270 g/mol. The lowest BCUT2D eigenvalue weighted by Crippen LogP contribution is -2.15. The van der Waals surface area contributed by atoms with Crippen molar-refractivity contribution in [3.8, 4) is 11.5 Å². The van der Waals surface area contributed by atoms with Crippen molar-refractivity contribution in [1.29, 1.82) is 0 Å². The van der Waals surface area contributed by atoms with Crippen LogP contribution in [0.2, 0.25) is 5.02 Å². The lowest BCUT2D eigenvalue weighted by molar-refractivity contribution is 0.472. The van der Waals surface area contributed by atoms with Crippen LogP contribution in [0.5, 0.6) is 11.5 Å². The van der Waals surface area contributed by atoms with E-state index < -0.39 is 0 Å². The Morgan fingerprint density at radius 1 is 1.15 bits per heavy atom. The summed E-state index contributed by atoms with van der Waals surface area (Å²) in [4.78, 5) is 0. The molecule has 0 bridgehead atoms. The van der Waals surface area contributed by atoms with Gasteiger partial charge in [-0.05, 0) is 50.1 Å². The summed E-state index contributed by atoms with van der Waals surface area (Å²) in [5, 5.41) is 4.24. The predicted octanol–water partition coefficient (Wildman–Crippen LogP) is 4.69. The minimum atomic E-state index is 0.668. The van der Waals surface area contributed by atoms with E-state index in [1.54, 1.807) is 0 Å². The van der Waals surface area contributed by atoms with E-state index in [4.69, 9.17) is 16.3 Å². The molecule has 0 saturated heterocycles. The fourth-order valence-corrected chi connectivity index (χ4v) is 2.26. The largest absolute Gasteiger partial charge is 0.457 e. The van der Waals surface area contributed by atoms with Crippen LogP contribution in [-0.4, -0.2) is 6.04 Å². The zero-order valence-corrected chi connectivity index (χ0v) is 12.3. The number of aryl methyl sites for hydroxylation is 1. The van der Waals surface area contributed by atoms with E-state index in [0.29, 0.717) is 6.04 Å². The van der Waals surface area contributed by atoms with Crippen LogP contribution in [0.25, 0.3) is 0 Å². The summed E-state index contributed by atoms with van der Waals surface area (Å²) < 4.78 is 5.97. The predicted molar refractivity (Wildman–Crippen MR) is 82.6 cm³/mol. The average Bonchev–Trinajstić information content (AvgIpc) is 3.25. The summed E-state index contributed by atoms with van der Waals surface area (Å²) in [6, 6.07) is 14.5. The smallest absolute Gasteiger partial charge is 0.132 e. The zero-order chi connectivity index (χ0) is 13.9. The lowest BCUT2D eigenvalue weighted by atomic mass is 10.2. The van der Waals surface area contributed by atoms with Gasteiger partial charge in [-0.25, -0.2) is 0 Å². The summed E-state index contributed by atoms with van der Waals surface area (Å²) in [5.74, 6) is 1.72. The molecule has 104 valence electrons. The van der Waals surface area contributed by atoms with Crippen molar-refractivity contribution in [2.24, 2.45) is 0 Å². The fourth-order valence-electron chi connectivity index (χ4n) is 2.06. The first-order valence-electron chi connectivity index (χ1n) is 6.97. The molecule has 0 aromatic heterocycles. The molecule has 3 rings (SSSR count). The maximum Gasteiger partial charge on any atom is 0.132 e. The third-order valence-corrected chi connectivity index (χ3v) is 3.66. The molecule has 0 atom stereocenters. The van der Waals surface area contributed by atoms with Crippen molar-refractivity contribution in [3.05, 3.63) is 58.6 Å². The van der Waals surface area contributed by atoms with Gasteiger partial charge in [-0.3, -0.25) is 0 Å². The number of hydrogen-bond donors (Lipinski definition) is 1. The molecule has 0 unspecified atom stereocenters. The van der Waals surface area contributed by atoms with Gasteiger partial charge in [0.2, 0.25) is 0 Å². The summed E-state index contributed by atoms with van der Waals surface area (Å²) in [6.07, 6.45) is 2.55. The van der Waals surface area contributed by atoms with Crippen molar-refractivity contribution < 1.29 is 4.74 Å². The molecule has 1 aliphatic carbocycles. The Morgan fingerprint density at radius 3 is 2.60 bits per heavy atom. The lowest BCUT2D eigenvalue weighted by Gasteiger charge is -2.12.